The van der Waals surface area contributed by atoms with Crippen molar-refractivity contribution < 1.29 is 0 Å². The molecule has 0 aliphatic carbocycles. The molecular weight excluding hydrogens is 236 g/mol. The van der Waals surface area contributed by atoms with Gasteiger partial charge in [-0.2, -0.15) is 11.8 Å². The fraction of sp³-hybridized carbons (Fsp3) is 0.750. The van der Waals surface area contributed by atoms with Crippen molar-refractivity contribution in [2.45, 2.75) is 39.7 Å². The van der Waals surface area contributed by atoms with Crippen LogP contribution in [0.15, 0.2) is 5.38 Å². The topological polar surface area (TPSA) is 24.9 Å². The smallest absolute Gasteiger partial charge is 0.110 e. The molecule has 16 heavy (non-hydrogen) atoms. The average Bonchev–Trinajstić information content (AvgIpc) is 2.70. The summed E-state index contributed by atoms with van der Waals surface area (Å²) >= 11 is 3.79. The van der Waals surface area contributed by atoms with Crippen LogP contribution in [0.25, 0.3) is 0 Å². The summed E-state index contributed by atoms with van der Waals surface area (Å²) in [6, 6.07) is 0.449. The second-order valence-electron chi connectivity index (χ2n) is 3.79. The molecule has 1 unspecified atom stereocenters. The number of aryl methyl sites for hydroxylation is 1. The van der Waals surface area contributed by atoms with Gasteiger partial charge in [0.15, 0.2) is 0 Å². The third-order valence-corrected chi connectivity index (χ3v) is 4.47. The van der Waals surface area contributed by atoms with E-state index in [0.29, 0.717) is 6.04 Å². The van der Waals surface area contributed by atoms with Crippen molar-refractivity contribution in [2.75, 3.05) is 18.1 Å². The summed E-state index contributed by atoms with van der Waals surface area (Å²) in [6.45, 7) is 7.59. The maximum atomic E-state index is 4.55. The number of thioether (sulfide) groups is 1. The lowest BCUT2D eigenvalue weighted by atomic mass is 10.2. The molecule has 0 saturated carbocycles. The largest absolute Gasteiger partial charge is 0.308 e. The van der Waals surface area contributed by atoms with Gasteiger partial charge in [-0.3, -0.25) is 0 Å². The van der Waals surface area contributed by atoms with E-state index >= 15 is 0 Å². The van der Waals surface area contributed by atoms with Gasteiger partial charge >= 0.3 is 0 Å². The number of rotatable bonds is 8. The molecule has 1 heterocycles. The van der Waals surface area contributed by atoms with Crippen LogP contribution in [0.2, 0.25) is 0 Å². The van der Waals surface area contributed by atoms with Crippen molar-refractivity contribution in [1.82, 2.24) is 10.3 Å². The van der Waals surface area contributed by atoms with Crippen LogP contribution in [0, 0.1) is 6.92 Å². The van der Waals surface area contributed by atoms with Gasteiger partial charge in [0.25, 0.3) is 0 Å². The van der Waals surface area contributed by atoms with Crippen molar-refractivity contribution in [3.8, 4) is 0 Å². The molecule has 0 bridgehead atoms. The number of aromatic nitrogens is 1. The molecule has 0 aromatic carbocycles. The van der Waals surface area contributed by atoms with Crippen LogP contribution in [0.3, 0.4) is 0 Å². The van der Waals surface area contributed by atoms with Gasteiger partial charge in [-0.05, 0) is 37.8 Å². The predicted octanol–water partition coefficient (Wildman–Crippen LogP) is 3.64. The zero-order valence-electron chi connectivity index (χ0n) is 10.5. The minimum atomic E-state index is 0.449. The molecule has 1 aromatic heterocycles. The van der Waals surface area contributed by atoms with Crippen molar-refractivity contribution in [3.05, 3.63) is 16.1 Å². The zero-order chi connectivity index (χ0) is 11.8. The van der Waals surface area contributed by atoms with Gasteiger partial charge in [0.2, 0.25) is 0 Å². The molecule has 0 aliphatic rings. The molecule has 2 nitrogen and oxygen atoms in total. The Labute approximate surface area is 107 Å². The molecule has 0 radical (unpaired) electrons. The summed E-state index contributed by atoms with van der Waals surface area (Å²) < 4.78 is 0. The molecule has 0 aliphatic heterocycles. The Bertz CT molecular complexity index is 286. The molecule has 0 saturated heterocycles. The normalized spacial score (nSPS) is 12.9. The van der Waals surface area contributed by atoms with Gasteiger partial charge in [-0.25, -0.2) is 4.98 Å². The zero-order valence-corrected chi connectivity index (χ0v) is 12.1. The Hall–Kier alpha value is -0.0600. The standard InChI is InChI=1S/C12H22N2S2/c1-4-11(12-14-10(3)9-16-12)13-7-6-8-15-5-2/h9,11,13H,4-8H2,1-3H3. The minimum Gasteiger partial charge on any atom is -0.308 e. The highest BCUT2D eigenvalue weighted by molar-refractivity contribution is 7.99. The highest BCUT2D eigenvalue weighted by Gasteiger charge is 2.11. The molecule has 1 aromatic rings. The number of thiazole rings is 1. The van der Waals surface area contributed by atoms with Crippen LogP contribution in [0.1, 0.15) is 43.4 Å². The maximum Gasteiger partial charge on any atom is 0.110 e. The summed E-state index contributed by atoms with van der Waals surface area (Å²) in [5.74, 6) is 2.49. The lowest BCUT2D eigenvalue weighted by Gasteiger charge is -2.13. The van der Waals surface area contributed by atoms with Gasteiger partial charge in [0.05, 0.1) is 6.04 Å². The summed E-state index contributed by atoms with van der Waals surface area (Å²) in [5.41, 5.74) is 1.14. The second kappa shape index (κ2) is 8.09. The first-order chi connectivity index (χ1) is 7.77. The van der Waals surface area contributed by atoms with Gasteiger partial charge in [-0.15, -0.1) is 11.3 Å². The van der Waals surface area contributed by atoms with E-state index < -0.39 is 0 Å². The van der Waals surface area contributed by atoms with Gasteiger partial charge < -0.3 is 5.32 Å². The predicted molar refractivity (Wildman–Crippen MR) is 75.5 cm³/mol. The molecule has 1 atom stereocenters. The maximum absolute atomic E-state index is 4.55. The Balaban J connectivity index is 2.27. The summed E-state index contributed by atoms with van der Waals surface area (Å²) in [5, 5.41) is 6.96. The molecule has 0 fully saturated rings. The molecule has 4 heteroatoms. The average molecular weight is 258 g/mol. The Kier molecular flexibility index (Phi) is 7.08. The quantitative estimate of drug-likeness (QED) is 0.721. The SMILES string of the molecule is CCSCCCNC(CC)c1nc(C)cs1. The molecule has 0 amide bonds. The first-order valence-corrected chi connectivity index (χ1v) is 8.04. The molecule has 1 N–H and O–H groups in total. The first-order valence-electron chi connectivity index (χ1n) is 6.01. The lowest BCUT2D eigenvalue weighted by molar-refractivity contribution is 0.517. The van der Waals surface area contributed by atoms with E-state index in [1.807, 2.05) is 11.8 Å². The van der Waals surface area contributed by atoms with E-state index in [1.165, 1.54) is 22.9 Å². The van der Waals surface area contributed by atoms with Gasteiger partial charge in [0, 0.05) is 11.1 Å². The van der Waals surface area contributed by atoms with Crippen LogP contribution in [-0.2, 0) is 0 Å². The summed E-state index contributed by atoms with van der Waals surface area (Å²) in [6.07, 6.45) is 2.37. The first kappa shape index (κ1) is 14.0. The highest BCUT2D eigenvalue weighted by Crippen LogP contribution is 2.20. The number of nitrogens with zero attached hydrogens (tertiary/aromatic N) is 1. The third kappa shape index (κ3) is 4.85. The van der Waals surface area contributed by atoms with E-state index in [4.69, 9.17) is 0 Å². The van der Waals surface area contributed by atoms with Crippen LogP contribution in [0.4, 0.5) is 0 Å². The van der Waals surface area contributed by atoms with Crippen LogP contribution in [-0.4, -0.2) is 23.0 Å². The van der Waals surface area contributed by atoms with Crippen LogP contribution >= 0.6 is 23.1 Å². The fourth-order valence-electron chi connectivity index (χ4n) is 1.53. The van der Waals surface area contributed by atoms with Crippen molar-refractivity contribution in [3.63, 3.8) is 0 Å². The van der Waals surface area contributed by atoms with E-state index in [-0.39, 0.29) is 0 Å². The molecule has 92 valence electrons. The number of nitrogens with one attached hydrogen (secondary N) is 1. The van der Waals surface area contributed by atoms with E-state index in [0.717, 1.165) is 18.7 Å². The molecular formula is C12H22N2S2. The Morgan fingerprint density at radius 1 is 1.50 bits per heavy atom. The van der Waals surface area contributed by atoms with E-state index in [1.54, 1.807) is 11.3 Å². The van der Waals surface area contributed by atoms with Crippen molar-refractivity contribution in [1.29, 1.82) is 0 Å². The monoisotopic (exact) mass is 258 g/mol. The summed E-state index contributed by atoms with van der Waals surface area (Å²) in [4.78, 5) is 4.55. The highest BCUT2D eigenvalue weighted by atomic mass is 32.2. The number of hydrogen-bond donors (Lipinski definition) is 1. The van der Waals surface area contributed by atoms with Crippen LogP contribution in [0.5, 0.6) is 0 Å². The van der Waals surface area contributed by atoms with Gasteiger partial charge in [0.1, 0.15) is 5.01 Å². The summed E-state index contributed by atoms with van der Waals surface area (Å²) in [7, 11) is 0. The Morgan fingerprint density at radius 3 is 2.88 bits per heavy atom. The van der Waals surface area contributed by atoms with Crippen molar-refractivity contribution in [2.24, 2.45) is 0 Å². The van der Waals surface area contributed by atoms with E-state index in [9.17, 15) is 0 Å². The van der Waals surface area contributed by atoms with Gasteiger partial charge in [-0.1, -0.05) is 13.8 Å². The van der Waals surface area contributed by atoms with Crippen LogP contribution < -0.4 is 5.32 Å². The van der Waals surface area contributed by atoms with E-state index in [2.05, 4.69) is 36.5 Å². The number of hydrogen-bond acceptors (Lipinski definition) is 4. The molecule has 1 rings (SSSR count). The minimum absolute atomic E-state index is 0.449. The second-order valence-corrected chi connectivity index (χ2v) is 6.08. The molecule has 0 spiro atoms. The third-order valence-electron chi connectivity index (χ3n) is 2.40. The Morgan fingerprint density at radius 2 is 2.31 bits per heavy atom. The fourth-order valence-corrected chi connectivity index (χ4v) is 3.13. The lowest BCUT2D eigenvalue weighted by Crippen LogP contribution is -2.22. The van der Waals surface area contributed by atoms with Crippen molar-refractivity contribution >= 4 is 23.1 Å².